The first-order chi connectivity index (χ1) is 9.65. The molecule has 0 atom stereocenters. The molecule has 0 unspecified atom stereocenters. The molecule has 2 aliphatic rings. The second-order valence-electron chi connectivity index (χ2n) is 6.04. The molecule has 4 rings (SSSR count). The summed E-state index contributed by atoms with van der Waals surface area (Å²) in [7, 11) is 0. The molecule has 2 fully saturated rings. The highest BCUT2D eigenvalue weighted by molar-refractivity contribution is 6.31. The van der Waals surface area contributed by atoms with Gasteiger partial charge in [-0.3, -0.25) is 0 Å². The minimum atomic E-state index is 0.577. The number of hydrogen-bond acceptors (Lipinski definition) is 2. The maximum absolute atomic E-state index is 6.39. The maximum atomic E-state index is 6.39. The third kappa shape index (κ3) is 1.92. The number of benzene rings is 1. The lowest BCUT2D eigenvalue weighted by Gasteiger charge is -2.07. The molecule has 20 heavy (non-hydrogen) atoms. The number of anilines is 1. The van der Waals surface area contributed by atoms with Crippen LogP contribution in [0.2, 0.25) is 5.02 Å². The molecule has 0 amide bonds. The number of imidazole rings is 1. The summed E-state index contributed by atoms with van der Waals surface area (Å²) in [4.78, 5) is 4.85. The van der Waals surface area contributed by atoms with Gasteiger partial charge in [0, 0.05) is 22.5 Å². The minimum Gasteiger partial charge on any atom is -0.383 e. The van der Waals surface area contributed by atoms with Gasteiger partial charge in [-0.05, 0) is 44.2 Å². The normalized spacial score (nSPS) is 18.5. The van der Waals surface area contributed by atoms with Crippen LogP contribution in [-0.4, -0.2) is 9.55 Å². The molecule has 3 nitrogen and oxygen atoms in total. The molecule has 0 bridgehead atoms. The summed E-state index contributed by atoms with van der Waals surface area (Å²) in [5, 5.41) is 0.774. The zero-order valence-corrected chi connectivity index (χ0v) is 12.3. The van der Waals surface area contributed by atoms with E-state index >= 15 is 0 Å². The Kier molecular flexibility index (Phi) is 2.61. The number of hydrogen-bond donors (Lipinski definition) is 1. The van der Waals surface area contributed by atoms with E-state index in [1.807, 2.05) is 19.1 Å². The maximum Gasteiger partial charge on any atom is 0.132 e. The van der Waals surface area contributed by atoms with Crippen LogP contribution in [0.25, 0.3) is 11.3 Å². The lowest BCUT2D eigenvalue weighted by molar-refractivity contribution is 0.691. The predicted octanol–water partition coefficient (Wildman–Crippen LogP) is 4.31. The Morgan fingerprint density at radius 2 is 2.00 bits per heavy atom. The Hall–Kier alpha value is -1.48. The van der Waals surface area contributed by atoms with Crippen molar-refractivity contribution >= 4 is 17.4 Å². The molecule has 0 spiro atoms. The van der Waals surface area contributed by atoms with Crippen molar-refractivity contribution in [3.63, 3.8) is 0 Å². The van der Waals surface area contributed by atoms with Crippen LogP contribution in [-0.2, 0) is 0 Å². The SMILES string of the molecule is Cc1ccc(-c2nc(C3CC3)n(C3CC3)c2N)cc1Cl. The third-order valence-corrected chi connectivity index (χ3v) is 4.68. The Bertz CT molecular complexity index is 681. The van der Waals surface area contributed by atoms with Gasteiger partial charge in [-0.25, -0.2) is 4.98 Å². The van der Waals surface area contributed by atoms with Gasteiger partial charge in [0.25, 0.3) is 0 Å². The van der Waals surface area contributed by atoms with Crippen molar-refractivity contribution in [1.29, 1.82) is 0 Å². The molecule has 2 N–H and O–H groups in total. The molecule has 2 aliphatic carbocycles. The van der Waals surface area contributed by atoms with Crippen LogP contribution in [0.1, 0.15) is 49.0 Å². The highest BCUT2D eigenvalue weighted by atomic mass is 35.5. The van der Waals surface area contributed by atoms with Gasteiger partial charge in [-0.15, -0.1) is 0 Å². The molecule has 0 aliphatic heterocycles. The molecular weight excluding hydrogens is 270 g/mol. The number of rotatable bonds is 3. The zero-order chi connectivity index (χ0) is 13.9. The van der Waals surface area contributed by atoms with Gasteiger partial charge in [0.15, 0.2) is 0 Å². The van der Waals surface area contributed by atoms with E-state index in [4.69, 9.17) is 22.3 Å². The first-order valence-electron chi connectivity index (χ1n) is 7.29. The van der Waals surface area contributed by atoms with Crippen LogP contribution < -0.4 is 5.73 Å². The van der Waals surface area contributed by atoms with Crippen LogP contribution in [0.5, 0.6) is 0 Å². The molecule has 104 valence electrons. The van der Waals surface area contributed by atoms with E-state index in [2.05, 4.69) is 10.6 Å². The molecule has 1 aromatic heterocycles. The number of nitrogens with zero attached hydrogens (tertiary/aromatic N) is 2. The standard InChI is InChI=1S/C16H18ClN3/c1-9-2-3-11(8-13(9)17)14-15(18)20(12-6-7-12)16(19-14)10-4-5-10/h2-3,8,10,12H,4-7,18H2,1H3. The topological polar surface area (TPSA) is 43.8 Å². The van der Waals surface area contributed by atoms with Gasteiger partial charge < -0.3 is 10.3 Å². The van der Waals surface area contributed by atoms with E-state index < -0.39 is 0 Å². The molecular formula is C16H18ClN3. The fourth-order valence-electron chi connectivity index (χ4n) is 2.76. The first kappa shape index (κ1) is 12.3. The second-order valence-corrected chi connectivity index (χ2v) is 6.45. The average molecular weight is 288 g/mol. The molecule has 1 heterocycles. The fraction of sp³-hybridized carbons (Fsp3) is 0.438. The summed E-state index contributed by atoms with van der Waals surface area (Å²) in [6.45, 7) is 2.01. The lowest BCUT2D eigenvalue weighted by atomic mass is 10.1. The number of nitrogens with two attached hydrogens (primary N) is 1. The van der Waals surface area contributed by atoms with Crippen molar-refractivity contribution in [3.8, 4) is 11.3 Å². The summed E-state index contributed by atoms with van der Waals surface area (Å²) in [5.41, 5.74) is 9.40. The van der Waals surface area contributed by atoms with Crippen molar-refractivity contribution in [2.45, 2.75) is 44.6 Å². The van der Waals surface area contributed by atoms with E-state index in [9.17, 15) is 0 Å². The van der Waals surface area contributed by atoms with E-state index in [1.54, 1.807) is 0 Å². The summed E-state index contributed by atoms with van der Waals surface area (Å²) in [6.07, 6.45) is 4.96. The highest BCUT2D eigenvalue weighted by Crippen LogP contribution is 2.48. The predicted molar refractivity (Wildman–Crippen MR) is 82.1 cm³/mol. The minimum absolute atomic E-state index is 0.577. The molecule has 2 aromatic rings. The summed E-state index contributed by atoms with van der Waals surface area (Å²) in [5.74, 6) is 2.62. The van der Waals surface area contributed by atoms with Crippen LogP contribution in [0.3, 0.4) is 0 Å². The molecule has 0 radical (unpaired) electrons. The van der Waals surface area contributed by atoms with Crippen molar-refractivity contribution in [1.82, 2.24) is 9.55 Å². The lowest BCUT2D eigenvalue weighted by Crippen LogP contribution is -2.04. The smallest absolute Gasteiger partial charge is 0.132 e. The van der Waals surface area contributed by atoms with Gasteiger partial charge >= 0.3 is 0 Å². The van der Waals surface area contributed by atoms with Gasteiger partial charge in [0.05, 0.1) is 0 Å². The Labute approximate surface area is 123 Å². The second kappa shape index (κ2) is 4.26. The van der Waals surface area contributed by atoms with Crippen LogP contribution >= 0.6 is 11.6 Å². The van der Waals surface area contributed by atoms with E-state index in [1.165, 1.54) is 31.5 Å². The number of aryl methyl sites for hydroxylation is 1. The van der Waals surface area contributed by atoms with E-state index in [-0.39, 0.29) is 0 Å². The average Bonchev–Trinajstić information content (AvgIpc) is 3.32. The van der Waals surface area contributed by atoms with Crippen molar-refractivity contribution in [2.75, 3.05) is 5.73 Å². The number of aromatic nitrogens is 2. The van der Waals surface area contributed by atoms with Crippen LogP contribution in [0, 0.1) is 6.92 Å². The Morgan fingerprint density at radius 3 is 2.60 bits per heavy atom. The zero-order valence-electron chi connectivity index (χ0n) is 11.6. The van der Waals surface area contributed by atoms with E-state index in [0.29, 0.717) is 12.0 Å². The van der Waals surface area contributed by atoms with Gasteiger partial charge in [0.1, 0.15) is 17.3 Å². The van der Waals surface area contributed by atoms with Crippen LogP contribution in [0.15, 0.2) is 18.2 Å². The molecule has 4 heteroatoms. The monoisotopic (exact) mass is 287 g/mol. The number of nitrogen functional groups attached to an aromatic ring is 1. The van der Waals surface area contributed by atoms with Crippen LogP contribution in [0.4, 0.5) is 5.82 Å². The third-order valence-electron chi connectivity index (χ3n) is 4.28. The summed E-state index contributed by atoms with van der Waals surface area (Å²) in [6, 6.07) is 6.65. The van der Waals surface area contributed by atoms with Crippen molar-refractivity contribution < 1.29 is 0 Å². The molecule has 1 aromatic carbocycles. The largest absolute Gasteiger partial charge is 0.383 e. The van der Waals surface area contributed by atoms with Crippen molar-refractivity contribution in [3.05, 3.63) is 34.6 Å². The first-order valence-corrected chi connectivity index (χ1v) is 7.67. The summed E-state index contributed by atoms with van der Waals surface area (Å²) < 4.78 is 2.28. The summed E-state index contributed by atoms with van der Waals surface area (Å²) >= 11 is 6.24. The molecule has 2 saturated carbocycles. The fourth-order valence-corrected chi connectivity index (χ4v) is 2.94. The highest BCUT2D eigenvalue weighted by Gasteiger charge is 2.36. The van der Waals surface area contributed by atoms with Gasteiger partial charge in [0.2, 0.25) is 0 Å². The van der Waals surface area contributed by atoms with Gasteiger partial charge in [-0.2, -0.15) is 0 Å². The Morgan fingerprint density at radius 1 is 1.25 bits per heavy atom. The van der Waals surface area contributed by atoms with Crippen molar-refractivity contribution in [2.24, 2.45) is 0 Å². The van der Waals surface area contributed by atoms with E-state index in [0.717, 1.165) is 27.7 Å². The van der Waals surface area contributed by atoms with Gasteiger partial charge in [-0.1, -0.05) is 23.7 Å². The Balaban J connectivity index is 1.84. The molecule has 0 saturated heterocycles. The quantitative estimate of drug-likeness (QED) is 0.914. The number of halogens is 1.